The van der Waals surface area contributed by atoms with E-state index in [0.717, 1.165) is 43.6 Å². The molecule has 0 aliphatic carbocycles. The van der Waals surface area contributed by atoms with Gasteiger partial charge in [-0.3, -0.25) is 9.69 Å². The third-order valence-electron chi connectivity index (χ3n) is 5.61. The number of piperidine rings is 1. The maximum Gasteiger partial charge on any atom is 0.236 e. The average Bonchev–Trinajstić information content (AvgIpc) is 2.74. The molecule has 0 bridgehead atoms. The van der Waals surface area contributed by atoms with Crippen LogP contribution in [0.2, 0.25) is 0 Å². The minimum atomic E-state index is -0.0576. The topological polar surface area (TPSA) is 69.8 Å². The normalized spacial score (nSPS) is 15.5. The first-order valence-electron chi connectivity index (χ1n) is 10.0. The van der Waals surface area contributed by atoms with Gasteiger partial charge < -0.3 is 15.7 Å². The fraction of sp³-hybridized carbons (Fsp3) is 0.435. The van der Waals surface area contributed by atoms with Crippen LogP contribution < -0.4 is 5.73 Å². The van der Waals surface area contributed by atoms with Crippen molar-refractivity contribution in [2.24, 2.45) is 11.7 Å². The first-order valence-corrected chi connectivity index (χ1v) is 10.0. The molecule has 5 heteroatoms. The number of nitrogens with two attached hydrogens (primary N) is 1. The predicted octanol–water partition coefficient (Wildman–Crippen LogP) is 2.47. The Kier molecular flexibility index (Phi) is 7.20. The summed E-state index contributed by atoms with van der Waals surface area (Å²) >= 11 is 0. The molecule has 0 spiro atoms. The van der Waals surface area contributed by atoms with E-state index in [1.165, 1.54) is 11.1 Å². The number of likely N-dealkylation sites (tertiary alicyclic amines) is 1. The lowest BCUT2D eigenvalue weighted by Gasteiger charge is -2.31. The zero-order chi connectivity index (χ0) is 19.9. The molecule has 0 radical (unpaired) electrons. The summed E-state index contributed by atoms with van der Waals surface area (Å²) in [5.41, 5.74) is 10.2. The minimum absolute atomic E-state index is 0.0370. The van der Waals surface area contributed by atoms with E-state index < -0.39 is 0 Å². The highest BCUT2D eigenvalue weighted by Crippen LogP contribution is 2.23. The Bertz CT molecular complexity index is 768. The van der Waals surface area contributed by atoms with Crippen molar-refractivity contribution in [3.05, 3.63) is 59.7 Å². The Morgan fingerprint density at radius 1 is 1.11 bits per heavy atom. The number of hydrogen-bond acceptors (Lipinski definition) is 4. The number of aliphatic hydroxyl groups excluding tert-OH is 1. The van der Waals surface area contributed by atoms with Crippen molar-refractivity contribution in [2.75, 3.05) is 33.3 Å². The molecular formula is C23H31N3O2. The van der Waals surface area contributed by atoms with E-state index in [-0.39, 0.29) is 12.5 Å². The van der Waals surface area contributed by atoms with E-state index in [0.29, 0.717) is 19.1 Å². The summed E-state index contributed by atoms with van der Waals surface area (Å²) in [5.74, 6) is 0.419. The lowest BCUT2D eigenvalue weighted by atomic mass is 9.97. The van der Waals surface area contributed by atoms with Crippen molar-refractivity contribution in [2.45, 2.75) is 25.9 Å². The van der Waals surface area contributed by atoms with Crippen molar-refractivity contribution >= 4 is 5.91 Å². The lowest BCUT2D eigenvalue weighted by Crippen LogP contribution is -2.34. The quantitative estimate of drug-likeness (QED) is 0.773. The standard InChI is InChI=1S/C23H31N3O2/c1-25(23(28)14-24)15-20-3-2-4-22(13-20)21-7-5-18(6-8-21)16-26-11-9-19(17-27)10-12-26/h2-8,13,19,27H,9-12,14-17,24H2,1H3. The summed E-state index contributed by atoms with van der Waals surface area (Å²) in [7, 11) is 1.78. The molecule has 1 saturated heterocycles. The zero-order valence-electron chi connectivity index (χ0n) is 16.7. The van der Waals surface area contributed by atoms with Gasteiger partial charge >= 0.3 is 0 Å². The lowest BCUT2D eigenvalue weighted by molar-refractivity contribution is -0.128. The van der Waals surface area contributed by atoms with Gasteiger partial charge in [0.15, 0.2) is 0 Å². The Hall–Kier alpha value is -2.21. The third kappa shape index (κ3) is 5.41. The monoisotopic (exact) mass is 381 g/mol. The number of aliphatic hydroxyl groups is 1. The van der Waals surface area contributed by atoms with Crippen LogP contribution in [0, 0.1) is 5.92 Å². The Labute approximate surface area is 167 Å². The van der Waals surface area contributed by atoms with Crippen LogP contribution in [-0.4, -0.2) is 54.1 Å². The molecule has 1 amide bonds. The molecule has 28 heavy (non-hydrogen) atoms. The van der Waals surface area contributed by atoms with Gasteiger partial charge in [0.1, 0.15) is 0 Å². The molecule has 1 aliphatic rings. The number of rotatable bonds is 7. The average molecular weight is 382 g/mol. The largest absolute Gasteiger partial charge is 0.396 e. The molecule has 3 N–H and O–H groups in total. The number of carbonyl (C=O) groups is 1. The van der Waals surface area contributed by atoms with Crippen LogP contribution in [0.25, 0.3) is 11.1 Å². The first kappa shape index (κ1) is 20.5. The Morgan fingerprint density at radius 2 is 1.82 bits per heavy atom. The highest BCUT2D eigenvalue weighted by Gasteiger charge is 2.18. The molecule has 2 aromatic carbocycles. The molecule has 3 rings (SSSR count). The molecular weight excluding hydrogens is 350 g/mol. The van der Waals surface area contributed by atoms with E-state index in [2.05, 4.69) is 41.3 Å². The van der Waals surface area contributed by atoms with Crippen LogP contribution in [-0.2, 0) is 17.9 Å². The fourth-order valence-corrected chi connectivity index (χ4v) is 3.76. The van der Waals surface area contributed by atoms with Crippen LogP contribution in [0.3, 0.4) is 0 Å². The molecule has 5 nitrogen and oxygen atoms in total. The minimum Gasteiger partial charge on any atom is -0.396 e. The highest BCUT2D eigenvalue weighted by molar-refractivity contribution is 5.77. The molecule has 2 aromatic rings. The van der Waals surface area contributed by atoms with Gasteiger partial charge in [-0.1, -0.05) is 42.5 Å². The van der Waals surface area contributed by atoms with Crippen LogP contribution >= 0.6 is 0 Å². The smallest absolute Gasteiger partial charge is 0.236 e. The number of benzene rings is 2. The van der Waals surface area contributed by atoms with Crippen molar-refractivity contribution in [3.8, 4) is 11.1 Å². The maximum absolute atomic E-state index is 11.7. The number of hydrogen-bond donors (Lipinski definition) is 2. The van der Waals surface area contributed by atoms with Crippen molar-refractivity contribution in [1.29, 1.82) is 0 Å². The summed E-state index contributed by atoms with van der Waals surface area (Å²) in [4.78, 5) is 15.8. The van der Waals surface area contributed by atoms with E-state index >= 15 is 0 Å². The van der Waals surface area contributed by atoms with Gasteiger partial charge in [0.05, 0.1) is 6.54 Å². The molecule has 1 aliphatic heterocycles. The molecule has 1 heterocycles. The van der Waals surface area contributed by atoms with E-state index in [1.54, 1.807) is 11.9 Å². The second-order valence-corrected chi connectivity index (χ2v) is 7.75. The molecule has 0 saturated carbocycles. The SMILES string of the molecule is CN(Cc1cccc(-c2ccc(CN3CCC(CO)CC3)cc2)c1)C(=O)CN. The summed E-state index contributed by atoms with van der Waals surface area (Å²) in [6, 6.07) is 17.0. The zero-order valence-corrected chi connectivity index (χ0v) is 16.7. The van der Waals surface area contributed by atoms with Crippen molar-refractivity contribution in [3.63, 3.8) is 0 Å². The van der Waals surface area contributed by atoms with Gasteiger partial charge in [0.2, 0.25) is 5.91 Å². The summed E-state index contributed by atoms with van der Waals surface area (Å²) < 4.78 is 0. The van der Waals surface area contributed by atoms with Gasteiger partial charge in [0.25, 0.3) is 0 Å². The number of carbonyl (C=O) groups excluding carboxylic acids is 1. The van der Waals surface area contributed by atoms with E-state index in [4.69, 9.17) is 5.73 Å². The maximum atomic E-state index is 11.7. The summed E-state index contributed by atoms with van der Waals surface area (Å²) in [6.45, 7) is 4.00. The second kappa shape index (κ2) is 9.82. The Balaban J connectivity index is 1.62. The van der Waals surface area contributed by atoms with Crippen LogP contribution in [0.4, 0.5) is 0 Å². The van der Waals surface area contributed by atoms with Gasteiger partial charge in [-0.05, 0) is 60.2 Å². The molecule has 150 valence electrons. The van der Waals surface area contributed by atoms with Gasteiger partial charge in [-0.15, -0.1) is 0 Å². The number of nitrogens with zero attached hydrogens (tertiary/aromatic N) is 2. The Morgan fingerprint density at radius 3 is 2.46 bits per heavy atom. The highest BCUT2D eigenvalue weighted by atomic mass is 16.3. The van der Waals surface area contributed by atoms with Gasteiger partial charge in [0, 0.05) is 26.7 Å². The van der Waals surface area contributed by atoms with E-state index in [1.807, 2.05) is 12.1 Å². The van der Waals surface area contributed by atoms with Crippen LogP contribution in [0.1, 0.15) is 24.0 Å². The molecule has 0 atom stereocenters. The molecule has 1 fully saturated rings. The summed E-state index contributed by atoms with van der Waals surface area (Å²) in [6.07, 6.45) is 2.17. The van der Waals surface area contributed by atoms with E-state index in [9.17, 15) is 9.90 Å². The van der Waals surface area contributed by atoms with Crippen molar-refractivity contribution in [1.82, 2.24) is 9.80 Å². The number of likely N-dealkylation sites (N-methyl/N-ethyl adjacent to an activating group) is 1. The molecule has 0 aromatic heterocycles. The number of amides is 1. The van der Waals surface area contributed by atoms with Crippen LogP contribution in [0.15, 0.2) is 48.5 Å². The van der Waals surface area contributed by atoms with Gasteiger partial charge in [-0.2, -0.15) is 0 Å². The molecule has 0 unspecified atom stereocenters. The predicted molar refractivity (Wildman–Crippen MR) is 112 cm³/mol. The fourth-order valence-electron chi connectivity index (χ4n) is 3.76. The third-order valence-corrected chi connectivity index (χ3v) is 5.61. The first-order chi connectivity index (χ1) is 13.6. The van der Waals surface area contributed by atoms with Crippen LogP contribution in [0.5, 0.6) is 0 Å². The van der Waals surface area contributed by atoms with Gasteiger partial charge in [-0.25, -0.2) is 0 Å². The second-order valence-electron chi connectivity index (χ2n) is 7.75. The van der Waals surface area contributed by atoms with Crippen molar-refractivity contribution < 1.29 is 9.90 Å². The summed E-state index contributed by atoms with van der Waals surface area (Å²) in [5, 5.41) is 9.27.